The van der Waals surface area contributed by atoms with Gasteiger partial charge in [0, 0.05) is 37.0 Å². The van der Waals surface area contributed by atoms with E-state index in [9.17, 15) is 9.59 Å². The van der Waals surface area contributed by atoms with Crippen LogP contribution in [0.25, 0.3) is 0 Å². The van der Waals surface area contributed by atoms with E-state index in [4.69, 9.17) is 18.9 Å². The van der Waals surface area contributed by atoms with Crippen molar-refractivity contribution in [3.63, 3.8) is 0 Å². The van der Waals surface area contributed by atoms with Gasteiger partial charge >= 0.3 is 6.09 Å². The van der Waals surface area contributed by atoms with E-state index < -0.39 is 11.0 Å². The summed E-state index contributed by atoms with van der Waals surface area (Å²) >= 11 is 0. The van der Waals surface area contributed by atoms with Gasteiger partial charge in [0.15, 0.2) is 11.5 Å². The van der Waals surface area contributed by atoms with Gasteiger partial charge in [0.25, 0.3) is 0 Å². The Bertz CT molecular complexity index is 1250. The normalized spacial score (nSPS) is 22.6. The lowest BCUT2D eigenvalue weighted by Crippen LogP contribution is -2.47. The van der Waals surface area contributed by atoms with Crippen LogP contribution in [0.5, 0.6) is 17.2 Å². The third-order valence-electron chi connectivity index (χ3n) is 7.66. The number of carbonyl (C=O) groups excluding carboxylic acids is 2. The second-order valence-electron chi connectivity index (χ2n) is 11.2. The van der Waals surface area contributed by atoms with Crippen LogP contribution in [0.4, 0.5) is 10.5 Å². The van der Waals surface area contributed by atoms with Crippen LogP contribution in [0, 0.1) is 5.92 Å². The Morgan fingerprint density at radius 3 is 2.56 bits per heavy atom. The predicted octanol–water partition coefficient (Wildman–Crippen LogP) is 2.35. The van der Waals surface area contributed by atoms with Crippen molar-refractivity contribution in [2.45, 2.75) is 44.6 Å². The molecule has 0 N–H and O–H groups in total. The van der Waals surface area contributed by atoms with Gasteiger partial charge < -0.3 is 28.7 Å². The SMILES string of the molecule is Bc1cccc2c1C1(COc3cc4c(cc31)OCO4)C(=O)N2CC1CCN(C(=O)OC(C)(C)C)CC1. The Hall–Kier alpha value is -3.36. The highest BCUT2D eigenvalue weighted by atomic mass is 16.7. The molecule has 2 amide bonds. The van der Waals surface area contributed by atoms with E-state index in [2.05, 4.69) is 13.9 Å². The van der Waals surface area contributed by atoms with E-state index in [-0.39, 0.29) is 31.3 Å². The lowest BCUT2D eigenvalue weighted by atomic mass is 9.71. The van der Waals surface area contributed by atoms with Crippen molar-refractivity contribution in [1.82, 2.24) is 4.90 Å². The number of ether oxygens (including phenoxy) is 4. The standard InChI is InChI=1S/C27H31BN2O6/c1-26(2,3)36-25(32)29-9-7-16(8-10-29)13-30-19-6-4-5-18(28)23(19)27(24(30)31)14-33-20-12-22-21(11-17(20)27)34-15-35-22/h4-6,11-12,16H,7-10,13-15,28H2,1-3H3. The molecule has 0 radical (unpaired) electrons. The molecular weight excluding hydrogens is 459 g/mol. The molecule has 4 aliphatic heterocycles. The molecular formula is C27H31BN2O6. The Kier molecular flexibility index (Phi) is 5.18. The summed E-state index contributed by atoms with van der Waals surface area (Å²) in [6, 6.07) is 9.86. The van der Waals surface area contributed by atoms with Crippen LogP contribution in [-0.4, -0.2) is 63.4 Å². The van der Waals surface area contributed by atoms with Crippen molar-refractivity contribution in [1.29, 1.82) is 0 Å². The van der Waals surface area contributed by atoms with Crippen molar-refractivity contribution < 1.29 is 28.5 Å². The zero-order valence-electron chi connectivity index (χ0n) is 21.3. The highest BCUT2D eigenvalue weighted by molar-refractivity contribution is 6.36. The monoisotopic (exact) mass is 490 g/mol. The molecule has 1 unspecified atom stereocenters. The Balaban J connectivity index is 1.27. The van der Waals surface area contributed by atoms with Crippen LogP contribution in [0.3, 0.4) is 0 Å². The smallest absolute Gasteiger partial charge is 0.410 e. The van der Waals surface area contributed by atoms with Crippen LogP contribution in [0.2, 0.25) is 0 Å². The van der Waals surface area contributed by atoms with Crippen molar-refractivity contribution in [3.05, 3.63) is 41.5 Å². The average Bonchev–Trinajstić information content (AvgIpc) is 3.50. The quantitative estimate of drug-likeness (QED) is 0.602. The number of benzene rings is 2. The first kappa shape index (κ1) is 23.1. The molecule has 0 aliphatic carbocycles. The number of likely N-dealkylation sites (tertiary alicyclic amines) is 1. The Labute approximate surface area is 211 Å². The zero-order chi connectivity index (χ0) is 25.2. The molecule has 2 aromatic carbocycles. The van der Waals surface area contributed by atoms with Gasteiger partial charge in [0.05, 0.1) is 0 Å². The van der Waals surface area contributed by atoms with Gasteiger partial charge in [0.2, 0.25) is 12.7 Å². The molecule has 4 aliphatic rings. The summed E-state index contributed by atoms with van der Waals surface area (Å²) in [5, 5.41) is 0. The summed E-state index contributed by atoms with van der Waals surface area (Å²) < 4.78 is 22.8. The minimum atomic E-state index is -0.895. The van der Waals surface area contributed by atoms with E-state index in [1.807, 2.05) is 49.9 Å². The Morgan fingerprint density at radius 2 is 1.83 bits per heavy atom. The summed E-state index contributed by atoms with van der Waals surface area (Å²) in [5.74, 6) is 2.30. The number of anilines is 1. The van der Waals surface area contributed by atoms with E-state index >= 15 is 0 Å². The summed E-state index contributed by atoms with van der Waals surface area (Å²) in [4.78, 5) is 30.5. The molecule has 9 heteroatoms. The highest BCUT2D eigenvalue weighted by Gasteiger charge is 2.58. The topological polar surface area (TPSA) is 77.5 Å². The van der Waals surface area contributed by atoms with Crippen LogP contribution < -0.4 is 24.6 Å². The van der Waals surface area contributed by atoms with Crippen LogP contribution >= 0.6 is 0 Å². The minimum absolute atomic E-state index is 0.0407. The zero-order valence-corrected chi connectivity index (χ0v) is 21.3. The number of hydrogen-bond acceptors (Lipinski definition) is 6. The molecule has 1 fully saturated rings. The first-order valence-corrected chi connectivity index (χ1v) is 12.6. The number of rotatable bonds is 2. The van der Waals surface area contributed by atoms with Gasteiger partial charge in [-0.05, 0) is 57.2 Å². The molecule has 2 aromatic rings. The fourth-order valence-electron chi connectivity index (χ4n) is 5.97. The molecule has 0 saturated carbocycles. The predicted molar refractivity (Wildman–Crippen MR) is 136 cm³/mol. The average molecular weight is 490 g/mol. The fraction of sp³-hybridized carbons (Fsp3) is 0.481. The van der Waals surface area contributed by atoms with E-state index in [1.165, 1.54) is 0 Å². The molecule has 1 spiro atoms. The first-order chi connectivity index (χ1) is 17.2. The molecule has 188 valence electrons. The van der Waals surface area contributed by atoms with Crippen LogP contribution in [0.1, 0.15) is 44.7 Å². The number of amides is 2. The first-order valence-electron chi connectivity index (χ1n) is 12.6. The third-order valence-corrected chi connectivity index (χ3v) is 7.66. The van der Waals surface area contributed by atoms with Gasteiger partial charge in [-0.3, -0.25) is 4.79 Å². The molecule has 1 saturated heterocycles. The lowest BCUT2D eigenvalue weighted by Gasteiger charge is -2.35. The molecule has 4 heterocycles. The van der Waals surface area contributed by atoms with Crippen molar-refractivity contribution in [2.24, 2.45) is 5.92 Å². The van der Waals surface area contributed by atoms with Gasteiger partial charge in [-0.2, -0.15) is 0 Å². The van der Waals surface area contributed by atoms with Crippen LogP contribution in [0.15, 0.2) is 30.3 Å². The lowest BCUT2D eigenvalue weighted by molar-refractivity contribution is -0.122. The van der Waals surface area contributed by atoms with E-state index in [0.29, 0.717) is 36.9 Å². The number of piperidine rings is 1. The number of hydrogen-bond donors (Lipinski definition) is 0. The van der Waals surface area contributed by atoms with Gasteiger partial charge in [-0.15, -0.1) is 0 Å². The van der Waals surface area contributed by atoms with E-state index in [0.717, 1.165) is 35.1 Å². The minimum Gasteiger partial charge on any atom is -0.491 e. The maximum Gasteiger partial charge on any atom is 0.410 e. The number of nitrogens with zero attached hydrogens (tertiary/aromatic N) is 2. The van der Waals surface area contributed by atoms with Crippen LogP contribution in [-0.2, 0) is 14.9 Å². The van der Waals surface area contributed by atoms with Crippen molar-refractivity contribution in [3.8, 4) is 17.2 Å². The maximum absolute atomic E-state index is 14.3. The highest BCUT2D eigenvalue weighted by Crippen LogP contribution is 2.54. The molecule has 8 nitrogen and oxygen atoms in total. The second-order valence-corrected chi connectivity index (χ2v) is 11.2. The summed E-state index contributed by atoms with van der Waals surface area (Å²) in [5.41, 5.74) is 2.46. The van der Waals surface area contributed by atoms with Gasteiger partial charge in [-0.25, -0.2) is 4.79 Å². The largest absolute Gasteiger partial charge is 0.491 e. The molecule has 36 heavy (non-hydrogen) atoms. The number of carbonyl (C=O) groups is 2. The van der Waals surface area contributed by atoms with Crippen molar-refractivity contribution >= 4 is 31.0 Å². The summed E-state index contributed by atoms with van der Waals surface area (Å²) in [6.45, 7) is 7.93. The molecule has 6 rings (SSSR count). The molecule has 1 atom stereocenters. The Morgan fingerprint density at radius 1 is 1.11 bits per heavy atom. The number of fused-ring (bicyclic) bond motifs is 5. The molecule has 0 aromatic heterocycles. The maximum atomic E-state index is 14.3. The fourth-order valence-corrected chi connectivity index (χ4v) is 5.97. The summed E-state index contributed by atoms with van der Waals surface area (Å²) in [7, 11) is 2.06. The van der Waals surface area contributed by atoms with Gasteiger partial charge in [0.1, 0.15) is 31.2 Å². The second kappa shape index (κ2) is 8.08. The van der Waals surface area contributed by atoms with E-state index in [1.54, 1.807) is 4.90 Å². The third kappa shape index (κ3) is 3.51. The summed E-state index contributed by atoms with van der Waals surface area (Å²) in [6.07, 6.45) is 1.38. The van der Waals surface area contributed by atoms with Gasteiger partial charge in [-0.1, -0.05) is 17.6 Å². The van der Waals surface area contributed by atoms with Crippen molar-refractivity contribution in [2.75, 3.05) is 37.9 Å². The molecule has 0 bridgehead atoms.